The van der Waals surface area contributed by atoms with E-state index in [1.54, 1.807) is 12.1 Å². The average Bonchev–Trinajstić information content (AvgIpc) is 2.37. The Labute approximate surface area is 108 Å². The van der Waals surface area contributed by atoms with Crippen molar-refractivity contribution in [3.8, 4) is 11.1 Å². The van der Waals surface area contributed by atoms with Crippen molar-refractivity contribution in [3.63, 3.8) is 0 Å². The lowest BCUT2D eigenvalue weighted by Gasteiger charge is -2.08. The Kier molecular flexibility index (Phi) is 3.71. The van der Waals surface area contributed by atoms with Gasteiger partial charge in [0.25, 0.3) is 0 Å². The minimum Gasteiger partial charge on any atom is -0.478 e. The second kappa shape index (κ2) is 5.44. The van der Waals surface area contributed by atoms with Crippen LogP contribution in [-0.4, -0.2) is 11.1 Å². The molecule has 0 unspecified atom stereocenters. The highest BCUT2D eigenvalue weighted by molar-refractivity contribution is 5.88. The van der Waals surface area contributed by atoms with Crippen molar-refractivity contribution in [1.29, 1.82) is 0 Å². The summed E-state index contributed by atoms with van der Waals surface area (Å²) in [5.74, 6) is -2.28. The lowest BCUT2D eigenvalue weighted by molar-refractivity contribution is -0.131. The summed E-state index contributed by atoms with van der Waals surface area (Å²) in [5, 5.41) is 8.60. The standard InChI is InChI=1S/C15H10F2O2/c16-13-6-2-1-4-11(13)10-5-3-7-14(17)12(10)8-9-15(18)19/h1-9H,(H,18,19). The zero-order chi connectivity index (χ0) is 13.8. The molecule has 2 rings (SSSR count). The molecule has 0 aromatic heterocycles. The van der Waals surface area contributed by atoms with Crippen LogP contribution in [0.2, 0.25) is 0 Å². The third kappa shape index (κ3) is 2.85. The molecule has 0 aliphatic rings. The Morgan fingerprint density at radius 3 is 2.26 bits per heavy atom. The Morgan fingerprint density at radius 1 is 0.947 bits per heavy atom. The van der Waals surface area contributed by atoms with Crippen LogP contribution in [0.1, 0.15) is 5.56 Å². The first kappa shape index (κ1) is 13.0. The van der Waals surface area contributed by atoms with E-state index in [4.69, 9.17) is 5.11 Å². The molecule has 4 heteroatoms. The van der Waals surface area contributed by atoms with Crippen molar-refractivity contribution in [2.45, 2.75) is 0 Å². The number of hydrogen-bond donors (Lipinski definition) is 1. The fraction of sp³-hybridized carbons (Fsp3) is 0. The van der Waals surface area contributed by atoms with Crippen LogP contribution in [0.15, 0.2) is 48.5 Å². The Morgan fingerprint density at radius 2 is 1.58 bits per heavy atom. The number of halogens is 2. The first-order valence-electron chi connectivity index (χ1n) is 5.54. The monoisotopic (exact) mass is 260 g/mol. The van der Waals surface area contributed by atoms with Gasteiger partial charge >= 0.3 is 5.97 Å². The summed E-state index contributed by atoms with van der Waals surface area (Å²) >= 11 is 0. The predicted octanol–water partition coefficient (Wildman–Crippen LogP) is 3.73. The van der Waals surface area contributed by atoms with Crippen LogP contribution >= 0.6 is 0 Å². The van der Waals surface area contributed by atoms with E-state index in [0.717, 1.165) is 12.2 Å². The highest BCUT2D eigenvalue weighted by Crippen LogP contribution is 2.28. The maximum Gasteiger partial charge on any atom is 0.328 e. The lowest BCUT2D eigenvalue weighted by atomic mass is 9.98. The highest BCUT2D eigenvalue weighted by Gasteiger charge is 2.11. The molecule has 0 fully saturated rings. The normalized spacial score (nSPS) is 10.8. The van der Waals surface area contributed by atoms with E-state index < -0.39 is 17.6 Å². The SMILES string of the molecule is O=C(O)C=Cc1c(F)cccc1-c1ccccc1F. The highest BCUT2D eigenvalue weighted by atomic mass is 19.1. The molecule has 0 saturated heterocycles. The number of rotatable bonds is 3. The van der Waals surface area contributed by atoms with E-state index in [-0.39, 0.29) is 11.1 Å². The Balaban J connectivity index is 2.61. The summed E-state index contributed by atoms with van der Waals surface area (Å²) in [7, 11) is 0. The van der Waals surface area contributed by atoms with Crippen molar-refractivity contribution < 1.29 is 18.7 Å². The third-order valence-electron chi connectivity index (χ3n) is 2.61. The van der Waals surface area contributed by atoms with Crippen LogP contribution in [0, 0.1) is 11.6 Å². The van der Waals surface area contributed by atoms with Crippen molar-refractivity contribution in [2.24, 2.45) is 0 Å². The number of carbonyl (C=O) groups is 1. The number of carboxylic acids is 1. The van der Waals surface area contributed by atoms with Gasteiger partial charge in [-0.1, -0.05) is 30.3 Å². The molecular formula is C15H10F2O2. The van der Waals surface area contributed by atoms with Gasteiger partial charge in [-0.15, -0.1) is 0 Å². The quantitative estimate of drug-likeness (QED) is 0.854. The molecule has 0 radical (unpaired) electrons. The van der Waals surface area contributed by atoms with Gasteiger partial charge in [-0.25, -0.2) is 13.6 Å². The van der Waals surface area contributed by atoms with E-state index in [0.29, 0.717) is 5.56 Å². The number of carboxylic acid groups (broad SMARTS) is 1. The predicted molar refractivity (Wildman–Crippen MR) is 68.5 cm³/mol. The molecule has 0 heterocycles. The molecule has 2 nitrogen and oxygen atoms in total. The summed E-state index contributed by atoms with van der Waals surface area (Å²) in [6, 6.07) is 10.1. The first-order valence-corrected chi connectivity index (χ1v) is 5.54. The van der Waals surface area contributed by atoms with Gasteiger partial charge in [0.1, 0.15) is 11.6 Å². The minimum atomic E-state index is -1.19. The lowest BCUT2D eigenvalue weighted by Crippen LogP contribution is -1.93. The molecule has 2 aromatic rings. The van der Waals surface area contributed by atoms with Gasteiger partial charge in [-0.3, -0.25) is 0 Å². The van der Waals surface area contributed by atoms with Crippen molar-refractivity contribution in [2.75, 3.05) is 0 Å². The van der Waals surface area contributed by atoms with Gasteiger partial charge < -0.3 is 5.11 Å². The third-order valence-corrected chi connectivity index (χ3v) is 2.61. The van der Waals surface area contributed by atoms with Crippen LogP contribution in [0.25, 0.3) is 17.2 Å². The largest absolute Gasteiger partial charge is 0.478 e. The van der Waals surface area contributed by atoms with Gasteiger partial charge in [-0.2, -0.15) is 0 Å². The molecule has 0 aliphatic carbocycles. The summed E-state index contributed by atoms with van der Waals surface area (Å²) in [4.78, 5) is 10.5. The molecule has 0 aliphatic heterocycles. The molecule has 2 aromatic carbocycles. The number of aliphatic carboxylic acids is 1. The van der Waals surface area contributed by atoms with Crippen LogP contribution in [0.4, 0.5) is 8.78 Å². The van der Waals surface area contributed by atoms with E-state index >= 15 is 0 Å². The molecule has 1 N–H and O–H groups in total. The molecule has 0 spiro atoms. The Hall–Kier alpha value is -2.49. The van der Waals surface area contributed by atoms with E-state index in [2.05, 4.69) is 0 Å². The fourth-order valence-corrected chi connectivity index (χ4v) is 1.78. The maximum absolute atomic E-state index is 13.8. The van der Waals surface area contributed by atoms with Crippen LogP contribution in [0.5, 0.6) is 0 Å². The Bertz CT molecular complexity index is 648. The summed E-state index contributed by atoms with van der Waals surface area (Å²) in [6.07, 6.45) is 1.95. The molecule has 0 saturated carbocycles. The van der Waals surface area contributed by atoms with Gasteiger partial charge in [0.2, 0.25) is 0 Å². The van der Waals surface area contributed by atoms with Crippen LogP contribution in [-0.2, 0) is 4.79 Å². The number of benzene rings is 2. The van der Waals surface area contributed by atoms with Gasteiger partial charge in [-0.05, 0) is 23.8 Å². The molecule has 0 atom stereocenters. The minimum absolute atomic E-state index is 0.0509. The molecule has 0 amide bonds. The fourth-order valence-electron chi connectivity index (χ4n) is 1.78. The van der Waals surface area contributed by atoms with Gasteiger partial charge in [0, 0.05) is 17.2 Å². The summed E-state index contributed by atoms with van der Waals surface area (Å²) in [5.41, 5.74) is 0.595. The summed E-state index contributed by atoms with van der Waals surface area (Å²) in [6.45, 7) is 0. The molecular weight excluding hydrogens is 250 g/mol. The van der Waals surface area contributed by atoms with Crippen LogP contribution in [0.3, 0.4) is 0 Å². The van der Waals surface area contributed by atoms with Gasteiger partial charge in [0.05, 0.1) is 0 Å². The molecule has 96 valence electrons. The van der Waals surface area contributed by atoms with E-state index in [1.165, 1.54) is 30.3 Å². The molecule has 0 bridgehead atoms. The zero-order valence-corrected chi connectivity index (χ0v) is 9.81. The average molecular weight is 260 g/mol. The van der Waals surface area contributed by atoms with Gasteiger partial charge in [0.15, 0.2) is 0 Å². The first-order chi connectivity index (χ1) is 9.09. The van der Waals surface area contributed by atoms with Crippen molar-refractivity contribution in [3.05, 3.63) is 65.7 Å². The second-order valence-electron chi connectivity index (χ2n) is 3.85. The topological polar surface area (TPSA) is 37.3 Å². The second-order valence-corrected chi connectivity index (χ2v) is 3.85. The molecule has 19 heavy (non-hydrogen) atoms. The van der Waals surface area contributed by atoms with Crippen molar-refractivity contribution >= 4 is 12.0 Å². The summed E-state index contributed by atoms with van der Waals surface area (Å²) < 4.78 is 27.5. The van der Waals surface area contributed by atoms with E-state index in [9.17, 15) is 13.6 Å². The smallest absolute Gasteiger partial charge is 0.328 e. The number of hydrogen-bond acceptors (Lipinski definition) is 1. The van der Waals surface area contributed by atoms with Crippen LogP contribution < -0.4 is 0 Å². The zero-order valence-electron chi connectivity index (χ0n) is 9.81. The van der Waals surface area contributed by atoms with Crippen molar-refractivity contribution in [1.82, 2.24) is 0 Å². The van der Waals surface area contributed by atoms with E-state index in [1.807, 2.05) is 0 Å². The maximum atomic E-state index is 13.8.